The van der Waals surface area contributed by atoms with Crippen LogP contribution in [0.2, 0.25) is 10.0 Å². The molecule has 0 aliphatic heterocycles. The quantitative estimate of drug-likeness (QED) is 0.310. The second-order valence-corrected chi connectivity index (χ2v) is 9.78. The van der Waals surface area contributed by atoms with E-state index < -0.39 is 0 Å². The van der Waals surface area contributed by atoms with E-state index in [1.165, 1.54) is 16.7 Å². The van der Waals surface area contributed by atoms with Gasteiger partial charge in [0.1, 0.15) is 6.33 Å². The zero-order chi connectivity index (χ0) is 21.4. The van der Waals surface area contributed by atoms with Gasteiger partial charge >= 0.3 is 0 Å². The van der Waals surface area contributed by atoms with E-state index in [0.29, 0.717) is 11.8 Å². The summed E-state index contributed by atoms with van der Waals surface area (Å²) >= 11 is 14.3. The fourth-order valence-corrected chi connectivity index (χ4v) is 5.20. The van der Waals surface area contributed by atoms with Crippen molar-refractivity contribution in [3.05, 3.63) is 70.0 Å². The third kappa shape index (κ3) is 4.02. The standard InChI is InChI=1S/C23H22Cl2N4S/c1-13(2)19-9-15(24)5-7-17(19)22-11-21(29-12-26-27-28-29)23(30-22)18-8-6-16(25)10-20(18)14(3)4/h5-14H,1-4H3. The van der Waals surface area contributed by atoms with E-state index in [1.54, 1.807) is 22.3 Å². The van der Waals surface area contributed by atoms with Crippen LogP contribution in [0.4, 0.5) is 0 Å². The Labute approximate surface area is 190 Å². The van der Waals surface area contributed by atoms with E-state index in [-0.39, 0.29) is 0 Å². The van der Waals surface area contributed by atoms with Gasteiger partial charge in [0.25, 0.3) is 0 Å². The molecule has 0 bridgehead atoms. The molecule has 30 heavy (non-hydrogen) atoms. The Morgan fingerprint density at radius 1 is 0.833 bits per heavy atom. The van der Waals surface area contributed by atoms with Gasteiger partial charge in [-0.2, -0.15) is 4.68 Å². The van der Waals surface area contributed by atoms with E-state index in [2.05, 4.69) is 67.5 Å². The van der Waals surface area contributed by atoms with Crippen LogP contribution in [0.25, 0.3) is 26.6 Å². The molecule has 0 saturated carbocycles. The SMILES string of the molecule is CC(C)c1cc(Cl)ccc1-c1cc(-n2cnnn2)c(-c2ccc(Cl)cc2C(C)C)s1. The Kier molecular flexibility index (Phi) is 5.96. The average Bonchev–Trinajstić information content (AvgIpc) is 3.37. The third-order valence-electron chi connectivity index (χ3n) is 5.09. The van der Waals surface area contributed by atoms with Crippen molar-refractivity contribution in [2.24, 2.45) is 0 Å². The maximum atomic E-state index is 6.31. The molecule has 0 saturated heterocycles. The molecule has 7 heteroatoms. The molecule has 0 atom stereocenters. The second-order valence-electron chi connectivity index (χ2n) is 7.85. The molecule has 4 aromatic rings. The van der Waals surface area contributed by atoms with Crippen molar-refractivity contribution >= 4 is 34.5 Å². The lowest BCUT2D eigenvalue weighted by Gasteiger charge is -2.14. The van der Waals surface area contributed by atoms with Crippen LogP contribution < -0.4 is 0 Å². The summed E-state index contributed by atoms with van der Waals surface area (Å²) in [6.07, 6.45) is 1.63. The molecular formula is C23H22Cl2N4S. The van der Waals surface area contributed by atoms with Gasteiger partial charge in [-0.15, -0.1) is 16.4 Å². The molecule has 0 aliphatic rings. The first-order valence-electron chi connectivity index (χ1n) is 9.82. The van der Waals surface area contributed by atoms with Crippen molar-refractivity contribution in [2.75, 3.05) is 0 Å². The largest absolute Gasteiger partial charge is 0.199 e. The predicted molar refractivity (Wildman–Crippen MR) is 126 cm³/mol. The van der Waals surface area contributed by atoms with Crippen LogP contribution in [-0.2, 0) is 0 Å². The first kappa shape index (κ1) is 21.0. The van der Waals surface area contributed by atoms with Gasteiger partial charge in [-0.05, 0) is 74.8 Å². The van der Waals surface area contributed by atoms with Crippen LogP contribution in [0, 0.1) is 0 Å². The minimum absolute atomic E-state index is 0.327. The first-order valence-corrected chi connectivity index (χ1v) is 11.4. The number of rotatable bonds is 5. The van der Waals surface area contributed by atoms with Crippen LogP contribution in [0.1, 0.15) is 50.7 Å². The smallest absolute Gasteiger partial charge is 0.143 e. The summed E-state index contributed by atoms with van der Waals surface area (Å²) in [6, 6.07) is 14.3. The van der Waals surface area contributed by atoms with E-state index in [0.717, 1.165) is 31.1 Å². The van der Waals surface area contributed by atoms with Crippen LogP contribution in [0.3, 0.4) is 0 Å². The van der Waals surface area contributed by atoms with Crippen molar-refractivity contribution in [3.63, 3.8) is 0 Å². The van der Waals surface area contributed by atoms with Crippen LogP contribution in [0.15, 0.2) is 48.8 Å². The highest BCUT2D eigenvalue weighted by Crippen LogP contribution is 2.45. The molecule has 4 nitrogen and oxygen atoms in total. The fraction of sp³-hybridized carbons (Fsp3) is 0.261. The monoisotopic (exact) mass is 456 g/mol. The highest BCUT2D eigenvalue weighted by molar-refractivity contribution is 7.19. The maximum Gasteiger partial charge on any atom is 0.143 e. The van der Waals surface area contributed by atoms with Gasteiger partial charge in [0.15, 0.2) is 0 Å². The minimum Gasteiger partial charge on any atom is -0.199 e. The van der Waals surface area contributed by atoms with Gasteiger partial charge in [-0.25, -0.2) is 0 Å². The molecule has 0 N–H and O–H groups in total. The number of tetrazole rings is 1. The van der Waals surface area contributed by atoms with Crippen molar-refractivity contribution in [3.8, 4) is 26.6 Å². The van der Waals surface area contributed by atoms with Gasteiger partial charge < -0.3 is 0 Å². The number of nitrogens with zero attached hydrogens (tertiary/aromatic N) is 4. The van der Waals surface area contributed by atoms with Crippen molar-refractivity contribution in [2.45, 2.75) is 39.5 Å². The molecule has 2 heterocycles. The zero-order valence-electron chi connectivity index (χ0n) is 17.2. The lowest BCUT2D eigenvalue weighted by Crippen LogP contribution is -1.97. The number of aromatic nitrogens is 4. The second kappa shape index (κ2) is 8.50. The molecule has 0 unspecified atom stereocenters. The number of hydrogen-bond donors (Lipinski definition) is 0. The van der Waals surface area contributed by atoms with Gasteiger partial charge in [-0.1, -0.05) is 63.0 Å². The molecule has 0 spiro atoms. The summed E-state index contributed by atoms with van der Waals surface area (Å²) in [5.74, 6) is 0.676. The molecule has 154 valence electrons. The topological polar surface area (TPSA) is 43.6 Å². The molecule has 0 radical (unpaired) electrons. The zero-order valence-corrected chi connectivity index (χ0v) is 19.6. The summed E-state index contributed by atoms with van der Waals surface area (Å²) < 4.78 is 1.72. The Morgan fingerprint density at radius 2 is 1.43 bits per heavy atom. The van der Waals surface area contributed by atoms with E-state index in [1.807, 2.05) is 18.2 Å². The first-order chi connectivity index (χ1) is 14.3. The van der Waals surface area contributed by atoms with Crippen molar-refractivity contribution < 1.29 is 0 Å². The lowest BCUT2D eigenvalue weighted by molar-refractivity contribution is 0.791. The highest BCUT2D eigenvalue weighted by Gasteiger charge is 2.21. The maximum absolute atomic E-state index is 6.31. The Bertz CT molecular complexity index is 1180. The molecule has 4 rings (SSSR count). The van der Waals surface area contributed by atoms with Gasteiger partial charge in [0.2, 0.25) is 0 Å². The summed E-state index contributed by atoms with van der Waals surface area (Å²) in [6.45, 7) is 8.72. The highest BCUT2D eigenvalue weighted by atomic mass is 35.5. The molecule has 2 aromatic heterocycles. The lowest BCUT2D eigenvalue weighted by atomic mass is 9.95. The van der Waals surface area contributed by atoms with Gasteiger partial charge in [0, 0.05) is 14.9 Å². The summed E-state index contributed by atoms with van der Waals surface area (Å²) in [7, 11) is 0. The van der Waals surface area contributed by atoms with Crippen LogP contribution in [0.5, 0.6) is 0 Å². The Balaban J connectivity index is 1.97. The number of benzene rings is 2. The Morgan fingerprint density at radius 3 is 2.00 bits per heavy atom. The van der Waals surface area contributed by atoms with E-state index in [4.69, 9.17) is 23.2 Å². The Hall–Kier alpha value is -2.21. The third-order valence-corrected chi connectivity index (χ3v) is 6.75. The molecule has 0 amide bonds. The van der Waals surface area contributed by atoms with E-state index in [9.17, 15) is 0 Å². The summed E-state index contributed by atoms with van der Waals surface area (Å²) in [5, 5.41) is 13.3. The van der Waals surface area contributed by atoms with Crippen molar-refractivity contribution in [1.29, 1.82) is 0 Å². The molecular weight excluding hydrogens is 435 g/mol. The average molecular weight is 457 g/mol. The summed E-state index contributed by atoms with van der Waals surface area (Å²) in [4.78, 5) is 2.27. The predicted octanol–water partition coefficient (Wildman–Crippen LogP) is 7.61. The normalized spacial score (nSPS) is 11.6. The number of halogens is 2. The van der Waals surface area contributed by atoms with Crippen LogP contribution >= 0.6 is 34.5 Å². The summed E-state index contributed by atoms with van der Waals surface area (Å²) in [5.41, 5.74) is 5.70. The number of hydrogen-bond acceptors (Lipinski definition) is 4. The molecule has 0 fully saturated rings. The fourth-order valence-electron chi connectivity index (χ4n) is 3.60. The van der Waals surface area contributed by atoms with Gasteiger partial charge in [0.05, 0.1) is 10.6 Å². The van der Waals surface area contributed by atoms with Gasteiger partial charge in [-0.3, -0.25) is 0 Å². The number of thiophene rings is 1. The molecule has 2 aromatic carbocycles. The molecule has 0 aliphatic carbocycles. The van der Waals surface area contributed by atoms with Crippen molar-refractivity contribution in [1.82, 2.24) is 20.2 Å². The van der Waals surface area contributed by atoms with Crippen LogP contribution in [-0.4, -0.2) is 20.2 Å². The minimum atomic E-state index is 0.327. The van der Waals surface area contributed by atoms with E-state index >= 15 is 0 Å².